The van der Waals surface area contributed by atoms with Crippen LogP contribution in [0.2, 0.25) is 0 Å². The average Bonchev–Trinajstić information content (AvgIpc) is 2.26. The summed E-state index contributed by atoms with van der Waals surface area (Å²) in [4.78, 5) is 23.8. The molecule has 0 radical (unpaired) electrons. The van der Waals surface area contributed by atoms with Gasteiger partial charge in [-0.2, -0.15) is 0 Å². The summed E-state index contributed by atoms with van der Waals surface area (Å²) in [5.41, 5.74) is 4.86. The van der Waals surface area contributed by atoms with E-state index < -0.39 is 6.03 Å². The molecule has 0 unspecified atom stereocenters. The number of nitrogens with two attached hydrogens (primary N) is 1. The molecule has 0 aromatic carbocycles. The van der Waals surface area contributed by atoms with E-state index in [4.69, 9.17) is 5.73 Å². The maximum Gasteiger partial charge on any atom is 0.318 e. The molecule has 0 aromatic heterocycles. The summed E-state index contributed by atoms with van der Waals surface area (Å²) in [5.74, 6) is -0.296. The lowest BCUT2D eigenvalue weighted by molar-refractivity contribution is -0.120. The second kappa shape index (κ2) is 6.48. The maximum absolute atomic E-state index is 11.2. The molecule has 0 aliphatic heterocycles. The van der Waals surface area contributed by atoms with Gasteiger partial charge >= 0.3 is 6.03 Å². The summed E-state index contributed by atoms with van der Waals surface area (Å²) in [6.45, 7) is 0.684. The van der Waals surface area contributed by atoms with Gasteiger partial charge in [0.15, 0.2) is 0 Å². The van der Waals surface area contributed by atoms with Crippen molar-refractivity contribution in [2.75, 3.05) is 13.6 Å². The van der Waals surface area contributed by atoms with Crippen molar-refractivity contribution in [3.05, 3.63) is 0 Å². The van der Waals surface area contributed by atoms with Gasteiger partial charge in [0.25, 0.3) is 0 Å². The Labute approximate surface area is 96.4 Å². The number of rotatable bonds is 4. The van der Waals surface area contributed by atoms with Gasteiger partial charge in [-0.1, -0.05) is 19.3 Å². The molecular weight excluding hydrogens is 206 g/mol. The second-order valence-corrected chi connectivity index (χ2v) is 4.43. The van der Waals surface area contributed by atoms with Gasteiger partial charge in [-0.25, -0.2) is 4.79 Å². The van der Waals surface area contributed by atoms with E-state index in [9.17, 15) is 9.59 Å². The average molecular weight is 227 g/mol. The zero-order valence-electron chi connectivity index (χ0n) is 9.87. The highest BCUT2D eigenvalue weighted by Gasteiger charge is 2.18. The molecule has 0 spiro atoms. The van der Waals surface area contributed by atoms with Crippen LogP contribution in [0.1, 0.15) is 38.5 Å². The van der Waals surface area contributed by atoms with E-state index in [1.54, 1.807) is 0 Å². The first kappa shape index (κ1) is 13.0. The molecule has 92 valence electrons. The van der Waals surface area contributed by atoms with Gasteiger partial charge < -0.3 is 10.6 Å². The van der Waals surface area contributed by atoms with Crippen molar-refractivity contribution in [3.63, 3.8) is 0 Å². The lowest BCUT2D eigenvalue weighted by atomic mass is 9.94. The molecule has 1 rings (SSSR count). The molecule has 16 heavy (non-hydrogen) atoms. The number of hydrogen-bond donors (Lipinski definition) is 2. The third kappa shape index (κ3) is 4.61. The molecule has 0 saturated heterocycles. The van der Waals surface area contributed by atoms with Gasteiger partial charge in [0.1, 0.15) is 0 Å². The van der Waals surface area contributed by atoms with E-state index in [1.165, 1.54) is 32.1 Å². The predicted molar refractivity (Wildman–Crippen MR) is 61.8 cm³/mol. The third-order valence-electron chi connectivity index (χ3n) is 3.15. The van der Waals surface area contributed by atoms with Gasteiger partial charge in [-0.15, -0.1) is 0 Å². The molecule has 1 aliphatic carbocycles. The van der Waals surface area contributed by atoms with E-state index in [0.29, 0.717) is 19.0 Å². The fraction of sp³-hybridized carbons (Fsp3) is 0.818. The topological polar surface area (TPSA) is 75.4 Å². The lowest BCUT2D eigenvalue weighted by Gasteiger charge is -2.30. The Hall–Kier alpha value is -1.10. The first-order chi connectivity index (χ1) is 7.59. The van der Waals surface area contributed by atoms with E-state index in [-0.39, 0.29) is 5.91 Å². The molecule has 1 fully saturated rings. The van der Waals surface area contributed by atoms with Crippen molar-refractivity contribution in [2.45, 2.75) is 44.6 Å². The molecule has 0 atom stereocenters. The van der Waals surface area contributed by atoms with Crippen molar-refractivity contribution in [1.29, 1.82) is 0 Å². The maximum atomic E-state index is 11.2. The molecule has 1 saturated carbocycles. The van der Waals surface area contributed by atoms with Crippen molar-refractivity contribution in [3.8, 4) is 0 Å². The van der Waals surface area contributed by atoms with Crippen LogP contribution < -0.4 is 11.1 Å². The number of urea groups is 1. The fourth-order valence-electron chi connectivity index (χ4n) is 2.18. The minimum Gasteiger partial charge on any atom is -0.351 e. The van der Waals surface area contributed by atoms with Crippen LogP contribution in [0.15, 0.2) is 0 Å². The van der Waals surface area contributed by atoms with Crippen LogP contribution >= 0.6 is 0 Å². The molecule has 1 aliphatic rings. The molecule has 5 nitrogen and oxygen atoms in total. The minimum atomic E-state index is -0.773. The number of carbonyl (C=O) groups is 2. The van der Waals surface area contributed by atoms with E-state index in [0.717, 1.165) is 0 Å². The summed E-state index contributed by atoms with van der Waals surface area (Å²) in [7, 11) is 2.04. The number of amides is 3. The normalized spacial score (nSPS) is 17.4. The zero-order valence-corrected chi connectivity index (χ0v) is 9.87. The Morgan fingerprint density at radius 3 is 2.50 bits per heavy atom. The number of imide groups is 1. The highest BCUT2D eigenvalue weighted by molar-refractivity contribution is 5.93. The van der Waals surface area contributed by atoms with Crippen molar-refractivity contribution >= 4 is 11.9 Å². The van der Waals surface area contributed by atoms with Crippen LogP contribution in [0.25, 0.3) is 0 Å². The smallest absolute Gasteiger partial charge is 0.318 e. The van der Waals surface area contributed by atoms with Crippen molar-refractivity contribution < 1.29 is 9.59 Å². The first-order valence-corrected chi connectivity index (χ1v) is 5.89. The Morgan fingerprint density at radius 2 is 1.94 bits per heavy atom. The zero-order chi connectivity index (χ0) is 12.0. The SMILES string of the molecule is CN(CCC(=O)NC(N)=O)C1CCCCC1. The van der Waals surface area contributed by atoms with Gasteiger partial charge in [-0.3, -0.25) is 10.1 Å². The Kier molecular flexibility index (Phi) is 5.25. The Morgan fingerprint density at radius 1 is 1.31 bits per heavy atom. The number of hydrogen-bond acceptors (Lipinski definition) is 3. The molecule has 0 heterocycles. The van der Waals surface area contributed by atoms with Crippen LogP contribution in [0.4, 0.5) is 4.79 Å². The highest BCUT2D eigenvalue weighted by Crippen LogP contribution is 2.21. The van der Waals surface area contributed by atoms with Crippen LogP contribution in [-0.4, -0.2) is 36.5 Å². The van der Waals surface area contributed by atoms with E-state index >= 15 is 0 Å². The van der Waals surface area contributed by atoms with Gasteiger partial charge in [0.2, 0.25) is 5.91 Å². The fourth-order valence-corrected chi connectivity index (χ4v) is 2.18. The van der Waals surface area contributed by atoms with Gasteiger partial charge in [0.05, 0.1) is 0 Å². The predicted octanol–water partition coefficient (Wildman–Crippen LogP) is 0.836. The molecule has 5 heteroatoms. The van der Waals surface area contributed by atoms with Gasteiger partial charge in [0, 0.05) is 19.0 Å². The van der Waals surface area contributed by atoms with Crippen LogP contribution in [0.3, 0.4) is 0 Å². The quantitative estimate of drug-likeness (QED) is 0.747. The number of nitrogens with one attached hydrogen (secondary N) is 1. The molecule has 0 aromatic rings. The number of nitrogens with zero attached hydrogens (tertiary/aromatic N) is 1. The molecule has 3 N–H and O–H groups in total. The number of carbonyl (C=O) groups excluding carboxylic acids is 2. The van der Waals surface area contributed by atoms with E-state index in [1.807, 2.05) is 7.05 Å². The summed E-state index contributed by atoms with van der Waals surface area (Å²) in [6.07, 6.45) is 6.65. The highest BCUT2D eigenvalue weighted by atomic mass is 16.2. The summed E-state index contributed by atoms with van der Waals surface area (Å²) in [6, 6.07) is -0.180. The number of primary amides is 1. The van der Waals surface area contributed by atoms with Crippen LogP contribution in [0.5, 0.6) is 0 Å². The van der Waals surface area contributed by atoms with Gasteiger partial charge in [-0.05, 0) is 19.9 Å². The lowest BCUT2D eigenvalue weighted by Crippen LogP contribution is -2.39. The molecule has 0 bridgehead atoms. The molecule has 3 amide bonds. The van der Waals surface area contributed by atoms with Crippen molar-refractivity contribution in [1.82, 2.24) is 10.2 Å². The third-order valence-corrected chi connectivity index (χ3v) is 3.15. The summed E-state index contributed by atoms with van der Waals surface area (Å²) in [5, 5.41) is 2.07. The second-order valence-electron chi connectivity index (χ2n) is 4.43. The first-order valence-electron chi connectivity index (χ1n) is 5.89. The minimum absolute atomic E-state index is 0.296. The molecular formula is C11H21N3O2. The Balaban J connectivity index is 2.20. The summed E-state index contributed by atoms with van der Waals surface area (Å²) < 4.78 is 0. The van der Waals surface area contributed by atoms with Crippen molar-refractivity contribution in [2.24, 2.45) is 5.73 Å². The largest absolute Gasteiger partial charge is 0.351 e. The van der Waals surface area contributed by atoms with E-state index in [2.05, 4.69) is 10.2 Å². The summed E-state index contributed by atoms with van der Waals surface area (Å²) >= 11 is 0. The van der Waals surface area contributed by atoms with Crippen LogP contribution in [0, 0.1) is 0 Å². The monoisotopic (exact) mass is 227 g/mol. The van der Waals surface area contributed by atoms with Crippen LogP contribution in [-0.2, 0) is 4.79 Å². The standard InChI is InChI=1S/C11H21N3O2/c1-14(9-5-3-2-4-6-9)8-7-10(15)13-11(12)16/h9H,2-8H2,1H3,(H3,12,13,15,16). The Bertz CT molecular complexity index is 250.